The van der Waals surface area contributed by atoms with Crippen LogP contribution in [-0.4, -0.2) is 72.2 Å². The van der Waals surface area contributed by atoms with Crippen molar-refractivity contribution in [3.8, 4) is 6.07 Å². The number of nitriles is 1. The van der Waals surface area contributed by atoms with Gasteiger partial charge in [-0.2, -0.15) is 5.26 Å². The molecule has 1 unspecified atom stereocenters. The number of hydrogen-bond donors (Lipinski definition) is 3. The zero-order chi connectivity index (χ0) is 24.4. The number of allylic oxidation sites excluding steroid dienone is 1. The fraction of sp³-hybridized carbons (Fsp3) is 0.368. The monoisotopic (exact) mass is 536 g/mol. The molecule has 4 atom stereocenters. The van der Waals surface area contributed by atoms with Gasteiger partial charge >= 0.3 is 5.97 Å². The van der Waals surface area contributed by atoms with Crippen LogP contribution in [-0.2, 0) is 19.2 Å². The summed E-state index contributed by atoms with van der Waals surface area (Å²) in [6, 6.07) is 1.55. The zero-order valence-electron chi connectivity index (χ0n) is 17.2. The van der Waals surface area contributed by atoms with Gasteiger partial charge < -0.3 is 10.4 Å². The summed E-state index contributed by atoms with van der Waals surface area (Å²) in [5.41, 5.74) is 0.540. The lowest BCUT2D eigenvalue weighted by Crippen LogP contribution is -2.70. The lowest BCUT2D eigenvalue weighted by Gasteiger charge is -2.49. The molecule has 1 saturated heterocycles. The Morgan fingerprint density at radius 3 is 2.88 bits per heavy atom. The molecule has 2 amide bonds. The first kappa shape index (κ1) is 24.3. The van der Waals surface area contributed by atoms with Crippen LogP contribution >= 0.6 is 47.1 Å². The number of amides is 2. The van der Waals surface area contributed by atoms with E-state index in [2.05, 4.69) is 26.9 Å². The van der Waals surface area contributed by atoms with E-state index in [4.69, 9.17) is 17.5 Å². The first-order valence-corrected chi connectivity index (χ1v) is 13.1. The maximum Gasteiger partial charge on any atom is 0.352 e. The fourth-order valence-electron chi connectivity index (χ4n) is 3.42. The number of thiocarbonyl (C=S) groups is 1. The Morgan fingerprint density at radius 2 is 2.21 bits per heavy atom. The number of carbonyl (C=O) groups excluding carboxylic acids is 3. The Kier molecular flexibility index (Phi) is 7.31. The number of rotatable bonds is 9. The first-order valence-electron chi connectivity index (χ1n) is 9.83. The molecule has 3 heterocycles. The summed E-state index contributed by atoms with van der Waals surface area (Å²) in [5, 5.41) is 31.9. The van der Waals surface area contributed by atoms with Gasteiger partial charge in [0.15, 0.2) is 4.34 Å². The van der Waals surface area contributed by atoms with Crippen molar-refractivity contribution in [1.29, 1.82) is 5.26 Å². The van der Waals surface area contributed by atoms with E-state index in [1.807, 2.05) is 0 Å². The Labute approximate surface area is 211 Å². The summed E-state index contributed by atoms with van der Waals surface area (Å²) in [4.78, 5) is 48.4. The third kappa shape index (κ3) is 4.99. The molecule has 0 spiro atoms. The van der Waals surface area contributed by atoms with Crippen LogP contribution < -0.4 is 10.6 Å². The van der Waals surface area contributed by atoms with E-state index in [0.29, 0.717) is 33.4 Å². The van der Waals surface area contributed by atoms with Crippen molar-refractivity contribution >= 4 is 81.3 Å². The average Bonchev–Trinajstić information content (AvgIpc) is 3.49. The van der Waals surface area contributed by atoms with Gasteiger partial charge in [-0.15, -0.1) is 22.0 Å². The maximum absolute atomic E-state index is 12.8. The molecule has 2 fully saturated rings. The van der Waals surface area contributed by atoms with Crippen LogP contribution in [0.4, 0.5) is 5.13 Å². The SMILES string of the molecule is N#C[C@@H]1C[C@@H]1C(=S)NC1C(=O)N2C(C(=O)O)=C(CSc3nnc(NC(=O)C=CC=O)s3)CS[C@@H]12. The molecule has 11 nitrogen and oxygen atoms in total. The number of carboxylic acids is 1. The van der Waals surface area contributed by atoms with Gasteiger partial charge in [0, 0.05) is 23.5 Å². The average molecular weight is 537 g/mol. The highest BCUT2D eigenvalue weighted by Crippen LogP contribution is 2.43. The van der Waals surface area contributed by atoms with Gasteiger partial charge in [-0.1, -0.05) is 35.3 Å². The number of nitrogens with one attached hydrogen (secondary N) is 2. The van der Waals surface area contributed by atoms with E-state index in [9.17, 15) is 24.3 Å². The molecule has 3 aliphatic rings. The molecule has 0 bridgehead atoms. The molecule has 1 aliphatic carbocycles. The van der Waals surface area contributed by atoms with Crippen LogP contribution in [0.3, 0.4) is 0 Å². The fourth-order valence-corrected chi connectivity index (χ4v) is 7.05. The van der Waals surface area contributed by atoms with Gasteiger partial charge in [-0.05, 0) is 18.1 Å². The van der Waals surface area contributed by atoms with Gasteiger partial charge in [0.05, 0.1) is 17.0 Å². The number of fused-ring (bicyclic) bond motifs is 1. The van der Waals surface area contributed by atoms with Crippen molar-refractivity contribution < 1.29 is 24.3 Å². The van der Waals surface area contributed by atoms with E-state index in [0.717, 1.165) is 23.5 Å². The van der Waals surface area contributed by atoms with Crippen molar-refractivity contribution in [3.05, 3.63) is 23.4 Å². The second-order valence-corrected chi connectivity index (χ2v) is 11.1. The van der Waals surface area contributed by atoms with Gasteiger partial charge in [-0.3, -0.25) is 24.6 Å². The number of thioether (sulfide) groups is 2. The van der Waals surface area contributed by atoms with Crippen molar-refractivity contribution in [2.45, 2.75) is 22.2 Å². The van der Waals surface area contributed by atoms with Gasteiger partial charge in [-0.25, -0.2) is 4.79 Å². The van der Waals surface area contributed by atoms with Gasteiger partial charge in [0.1, 0.15) is 23.4 Å². The third-order valence-electron chi connectivity index (χ3n) is 5.17. The largest absolute Gasteiger partial charge is 0.477 e. The molecule has 2 aliphatic heterocycles. The quantitative estimate of drug-likeness (QED) is 0.103. The second kappa shape index (κ2) is 10.2. The lowest BCUT2D eigenvalue weighted by atomic mass is 10.0. The van der Waals surface area contributed by atoms with Crippen LogP contribution in [0.15, 0.2) is 27.8 Å². The summed E-state index contributed by atoms with van der Waals surface area (Å²) < 4.78 is 0.510. The van der Waals surface area contributed by atoms with E-state index >= 15 is 0 Å². The number of nitrogens with zero attached hydrogens (tertiary/aromatic N) is 4. The molecular formula is C19H16N6O5S4. The number of carboxylic acid groups (broad SMARTS) is 1. The molecule has 0 radical (unpaired) electrons. The van der Waals surface area contributed by atoms with Crippen LogP contribution in [0.25, 0.3) is 0 Å². The van der Waals surface area contributed by atoms with Gasteiger partial charge in [0.2, 0.25) is 11.0 Å². The standard InChI is InChI=1S/C19H16N6O5S4/c20-5-8-4-10(8)14(31)22-12-15(28)25-13(17(29)30)9(6-32-16(12)25)7-33-19-24-23-18(34-19)21-11(27)2-1-3-26/h1-3,8,10,12,16H,4,6-7H2,(H,22,31)(H,29,30)(H,21,23,27)/t8-,10-,12?,16-/m0/s1. The Hall–Kier alpha value is -2.80. The molecule has 15 heteroatoms. The minimum absolute atomic E-state index is 0.0383. The number of aliphatic carboxylic acids is 1. The topological polar surface area (TPSA) is 165 Å². The highest BCUT2D eigenvalue weighted by molar-refractivity contribution is 8.02. The molecule has 3 N–H and O–H groups in total. The smallest absolute Gasteiger partial charge is 0.352 e. The summed E-state index contributed by atoms with van der Waals surface area (Å²) >= 11 is 9.13. The van der Waals surface area contributed by atoms with E-state index in [-0.39, 0.29) is 39.7 Å². The van der Waals surface area contributed by atoms with E-state index in [1.54, 1.807) is 0 Å². The summed E-state index contributed by atoms with van der Waals surface area (Å²) in [7, 11) is 0. The number of aromatic nitrogens is 2. The first-order chi connectivity index (χ1) is 16.3. The minimum atomic E-state index is -1.19. The molecule has 1 aromatic rings. The normalized spacial score (nSPS) is 25.3. The van der Waals surface area contributed by atoms with Crippen molar-refractivity contribution in [2.24, 2.45) is 11.8 Å². The third-order valence-corrected chi connectivity index (χ3v) is 8.99. The summed E-state index contributed by atoms with van der Waals surface area (Å²) in [5.74, 6) is -1.54. The molecule has 0 aromatic carbocycles. The number of hydrogen-bond acceptors (Lipinski definition) is 11. The van der Waals surface area contributed by atoms with Crippen LogP contribution in [0.1, 0.15) is 6.42 Å². The molecule has 1 saturated carbocycles. The number of carbonyl (C=O) groups is 4. The van der Waals surface area contributed by atoms with Crippen molar-refractivity contribution in [2.75, 3.05) is 16.8 Å². The Morgan fingerprint density at radius 1 is 1.41 bits per heavy atom. The van der Waals surface area contributed by atoms with Crippen LogP contribution in [0, 0.1) is 23.2 Å². The zero-order valence-corrected chi connectivity index (χ0v) is 20.4. The summed E-state index contributed by atoms with van der Waals surface area (Å²) in [6.45, 7) is 0. The van der Waals surface area contributed by atoms with Crippen molar-refractivity contribution in [3.63, 3.8) is 0 Å². The van der Waals surface area contributed by atoms with Crippen LogP contribution in [0.2, 0.25) is 0 Å². The lowest BCUT2D eigenvalue weighted by molar-refractivity contribution is -0.148. The predicted molar refractivity (Wildman–Crippen MR) is 129 cm³/mol. The van der Waals surface area contributed by atoms with Crippen LogP contribution in [0.5, 0.6) is 0 Å². The van der Waals surface area contributed by atoms with Crippen molar-refractivity contribution in [1.82, 2.24) is 20.4 Å². The molecule has 34 heavy (non-hydrogen) atoms. The molecule has 176 valence electrons. The highest BCUT2D eigenvalue weighted by atomic mass is 32.2. The minimum Gasteiger partial charge on any atom is -0.477 e. The molecule has 1 aromatic heterocycles. The Balaban J connectivity index is 1.38. The Bertz CT molecular complexity index is 1170. The van der Waals surface area contributed by atoms with Gasteiger partial charge in [0.25, 0.3) is 5.91 Å². The van der Waals surface area contributed by atoms with E-state index in [1.165, 1.54) is 28.4 Å². The number of anilines is 1. The number of β-lactam (4-membered cyclic amide) rings is 1. The van der Waals surface area contributed by atoms with E-state index < -0.39 is 17.9 Å². The second-order valence-electron chi connectivity index (χ2n) is 7.38. The maximum atomic E-state index is 12.8. The highest BCUT2D eigenvalue weighted by Gasteiger charge is 2.55. The number of aldehydes is 1. The summed E-state index contributed by atoms with van der Waals surface area (Å²) in [6.07, 6.45) is 3.28. The molecular weight excluding hydrogens is 521 g/mol. The predicted octanol–water partition coefficient (Wildman–Crippen LogP) is 1.02. The molecule has 4 rings (SSSR count).